The molecule has 0 radical (unpaired) electrons. The van der Waals surface area contributed by atoms with Crippen LogP contribution >= 0.6 is 15.9 Å². The monoisotopic (exact) mass is 354 g/mol. The molecule has 0 spiro atoms. The number of H-pyrrole nitrogens is 1. The molecule has 1 N–H and O–H groups in total. The smallest absolute Gasteiger partial charge is 0.349 e. The maximum Gasteiger partial charge on any atom is 0.349 e. The highest BCUT2D eigenvalue weighted by Crippen LogP contribution is 2.16. The third-order valence-electron chi connectivity index (χ3n) is 3.87. The van der Waals surface area contributed by atoms with Crippen molar-refractivity contribution >= 4 is 27.4 Å². The number of anilines is 1. The molecule has 0 saturated carbocycles. The summed E-state index contributed by atoms with van der Waals surface area (Å²) in [5.74, 6) is 1.57. The molecular weight excluding hydrogens is 336 g/mol. The molecule has 1 saturated heterocycles. The molecule has 0 amide bonds. The molecule has 1 aliphatic rings. The van der Waals surface area contributed by atoms with Gasteiger partial charge in [0.2, 0.25) is 0 Å². The average molecular weight is 355 g/mol. The lowest BCUT2D eigenvalue weighted by Crippen LogP contribution is -2.32. The Morgan fingerprint density at radius 2 is 2.19 bits per heavy atom. The minimum absolute atomic E-state index is 0.235. The van der Waals surface area contributed by atoms with Gasteiger partial charge < -0.3 is 9.80 Å². The fourth-order valence-corrected chi connectivity index (χ4v) is 3.29. The van der Waals surface area contributed by atoms with Gasteiger partial charge in [0, 0.05) is 37.6 Å². The summed E-state index contributed by atoms with van der Waals surface area (Å²) in [7, 11) is 0. The van der Waals surface area contributed by atoms with Gasteiger partial charge in [-0.3, -0.25) is 0 Å². The average Bonchev–Trinajstić information content (AvgIpc) is 2.70. The van der Waals surface area contributed by atoms with E-state index < -0.39 is 0 Å². The van der Waals surface area contributed by atoms with Crippen LogP contribution in [0.3, 0.4) is 0 Å². The zero-order valence-corrected chi connectivity index (χ0v) is 13.6. The summed E-state index contributed by atoms with van der Waals surface area (Å²) in [5, 5.41) is 7.52. The first-order valence-electron chi connectivity index (χ1n) is 7.17. The quantitative estimate of drug-likeness (QED) is 0.818. The lowest BCUT2D eigenvalue weighted by molar-refractivity contribution is 0.313. The van der Waals surface area contributed by atoms with E-state index in [-0.39, 0.29) is 5.69 Å². The first-order chi connectivity index (χ1) is 10.2. The van der Waals surface area contributed by atoms with Crippen molar-refractivity contribution in [1.82, 2.24) is 24.5 Å². The van der Waals surface area contributed by atoms with Gasteiger partial charge in [0.1, 0.15) is 11.6 Å². The van der Waals surface area contributed by atoms with Gasteiger partial charge >= 0.3 is 5.69 Å². The fourth-order valence-electron chi connectivity index (χ4n) is 2.79. The molecule has 0 atom stereocenters. The molecule has 0 unspecified atom stereocenters. The predicted octanol–water partition coefficient (Wildman–Crippen LogP) is 0.633. The number of rotatable bonds is 3. The Hall–Kier alpha value is -1.41. The number of aryl methyl sites for hydroxylation is 1. The van der Waals surface area contributed by atoms with Gasteiger partial charge in [-0.1, -0.05) is 15.9 Å². The van der Waals surface area contributed by atoms with Gasteiger partial charge in [0.15, 0.2) is 5.65 Å². The van der Waals surface area contributed by atoms with Gasteiger partial charge in [0.05, 0.1) is 0 Å². The highest BCUT2D eigenvalue weighted by Gasteiger charge is 2.17. The van der Waals surface area contributed by atoms with Crippen LogP contribution < -0.4 is 10.6 Å². The Kier molecular flexibility index (Phi) is 4.25. The number of nitrogens with zero attached hydrogens (tertiary/aromatic N) is 5. The van der Waals surface area contributed by atoms with E-state index in [2.05, 4.69) is 40.9 Å². The molecule has 3 rings (SSSR count). The zero-order chi connectivity index (χ0) is 14.8. The molecule has 1 aliphatic heterocycles. The largest absolute Gasteiger partial charge is 0.355 e. The summed E-state index contributed by atoms with van der Waals surface area (Å²) >= 11 is 3.50. The van der Waals surface area contributed by atoms with E-state index >= 15 is 0 Å². The maximum atomic E-state index is 11.6. The molecule has 1 fully saturated rings. The summed E-state index contributed by atoms with van der Waals surface area (Å²) in [4.78, 5) is 20.9. The SMILES string of the molecule is Cc1nc(N2CCCN(CCBr)CC2)cc2n[nH]c(=O)n12. The minimum Gasteiger partial charge on any atom is -0.355 e. The van der Waals surface area contributed by atoms with E-state index in [0.29, 0.717) is 11.5 Å². The van der Waals surface area contributed by atoms with Crippen molar-refractivity contribution in [3.63, 3.8) is 0 Å². The van der Waals surface area contributed by atoms with Crippen LogP contribution in [-0.2, 0) is 0 Å². The Labute approximate surface area is 131 Å². The second kappa shape index (κ2) is 6.15. The highest BCUT2D eigenvalue weighted by molar-refractivity contribution is 9.09. The van der Waals surface area contributed by atoms with Gasteiger partial charge in [-0.2, -0.15) is 5.10 Å². The zero-order valence-electron chi connectivity index (χ0n) is 12.0. The van der Waals surface area contributed by atoms with Crippen LogP contribution in [0.1, 0.15) is 12.2 Å². The number of hydrogen-bond donors (Lipinski definition) is 1. The Balaban J connectivity index is 1.85. The van der Waals surface area contributed by atoms with Crippen molar-refractivity contribution in [3.05, 3.63) is 22.4 Å². The van der Waals surface area contributed by atoms with Crippen molar-refractivity contribution in [2.24, 2.45) is 0 Å². The van der Waals surface area contributed by atoms with E-state index in [0.717, 1.165) is 50.3 Å². The predicted molar refractivity (Wildman–Crippen MR) is 85.4 cm³/mol. The first-order valence-corrected chi connectivity index (χ1v) is 8.29. The van der Waals surface area contributed by atoms with Crippen molar-refractivity contribution in [1.29, 1.82) is 0 Å². The van der Waals surface area contributed by atoms with E-state index in [4.69, 9.17) is 0 Å². The van der Waals surface area contributed by atoms with Crippen LogP contribution in [0.4, 0.5) is 5.82 Å². The van der Waals surface area contributed by atoms with Crippen molar-refractivity contribution in [3.8, 4) is 0 Å². The lowest BCUT2D eigenvalue weighted by Gasteiger charge is -2.22. The number of aromatic amines is 1. The molecular formula is C13H19BrN6O. The van der Waals surface area contributed by atoms with E-state index in [1.807, 2.05) is 13.0 Å². The number of fused-ring (bicyclic) bond motifs is 1. The van der Waals surface area contributed by atoms with Gasteiger partial charge in [-0.05, 0) is 19.9 Å². The first kappa shape index (κ1) is 14.5. The van der Waals surface area contributed by atoms with Crippen LogP contribution in [0.2, 0.25) is 0 Å². The number of alkyl halides is 1. The molecule has 3 heterocycles. The molecule has 2 aromatic rings. The summed E-state index contributed by atoms with van der Waals surface area (Å²) in [5.41, 5.74) is 0.393. The van der Waals surface area contributed by atoms with E-state index in [1.165, 1.54) is 4.40 Å². The molecule has 21 heavy (non-hydrogen) atoms. The highest BCUT2D eigenvalue weighted by atomic mass is 79.9. The number of halogens is 1. The second-order valence-corrected chi connectivity index (χ2v) is 6.05. The van der Waals surface area contributed by atoms with Crippen molar-refractivity contribution in [2.45, 2.75) is 13.3 Å². The van der Waals surface area contributed by atoms with Gasteiger partial charge in [-0.15, -0.1) is 0 Å². The van der Waals surface area contributed by atoms with Crippen LogP contribution in [0, 0.1) is 6.92 Å². The molecule has 0 aliphatic carbocycles. The summed E-state index contributed by atoms with van der Waals surface area (Å²) in [6.45, 7) is 6.99. The van der Waals surface area contributed by atoms with Crippen molar-refractivity contribution in [2.75, 3.05) is 43.0 Å². The van der Waals surface area contributed by atoms with Crippen LogP contribution in [0.25, 0.3) is 5.65 Å². The summed E-state index contributed by atoms with van der Waals surface area (Å²) < 4.78 is 1.50. The third kappa shape index (κ3) is 2.96. The standard InChI is InChI=1S/C13H19BrN6O/c1-10-15-11(9-12-16-17-13(21)20(10)12)19-5-2-4-18(6-3-14)7-8-19/h9H,2-8H2,1H3,(H,17,21). The van der Waals surface area contributed by atoms with E-state index in [1.54, 1.807) is 0 Å². The Morgan fingerprint density at radius 3 is 3.00 bits per heavy atom. The number of aromatic nitrogens is 4. The van der Waals surface area contributed by atoms with Crippen LogP contribution in [0.15, 0.2) is 10.9 Å². The lowest BCUT2D eigenvalue weighted by atomic mass is 10.3. The molecule has 8 heteroatoms. The second-order valence-electron chi connectivity index (χ2n) is 5.26. The summed E-state index contributed by atoms with van der Waals surface area (Å²) in [6.07, 6.45) is 1.12. The molecule has 114 valence electrons. The van der Waals surface area contributed by atoms with Crippen molar-refractivity contribution < 1.29 is 0 Å². The number of nitrogens with one attached hydrogen (secondary N) is 1. The van der Waals surface area contributed by atoms with Gasteiger partial charge in [-0.25, -0.2) is 19.3 Å². The summed E-state index contributed by atoms with van der Waals surface area (Å²) in [6, 6.07) is 1.88. The maximum absolute atomic E-state index is 11.6. The fraction of sp³-hybridized carbons (Fsp3) is 0.615. The normalized spacial score (nSPS) is 17.3. The molecule has 0 bridgehead atoms. The van der Waals surface area contributed by atoms with Gasteiger partial charge in [0.25, 0.3) is 0 Å². The van der Waals surface area contributed by atoms with Crippen LogP contribution in [0.5, 0.6) is 0 Å². The third-order valence-corrected chi connectivity index (χ3v) is 4.22. The molecule has 0 aromatic carbocycles. The van der Waals surface area contributed by atoms with Crippen LogP contribution in [-0.4, -0.2) is 62.5 Å². The molecule has 7 nitrogen and oxygen atoms in total. The Morgan fingerprint density at radius 1 is 1.33 bits per heavy atom. The number of hydrogen-bond acceptors (Lipinski definition) is 5. The minimum atomic E-state index is -0.235. The Bertz CT molecular complexity index is 681. The van der Waals surface area contributed by atoms with E-state index in [9.17, 15) is 4.79 Å². The topological polar surface area (TPSA) is 69.5 Å². The molecule has 2 aromatic heterocycles.